The van der Waals surface area contributed by atoms with Crippen molar-refractivity contribution >= 4 is 11.8 Å². The van der Waals surface area contributed by atoms with Crippen molar-refractivity contribution in [2.45, 2.75) is 32.9 Å². The standard InChI is InChI=1S/C8H13FN2O2/c1-4-12-7-5(2)11-8(13-9)6(3)10-7/h5-6H,4H2,1-3H3/t5-,6-/m1/s1. The van der Waals surface area contributed by atoms with Crippen LogP contribution in [0, 0.1) is 0 Å². The maximum absolute atomic E-state index is 11.9. The van der Waals surface area contributed by atoms with E-state index in [1.165, 1.54) is 0 Å². The minimum Gasteiger partial charge on any atom is -0.480 e. The van der Waals surface area contributed by atoms with E-state index in [2.05, 4.69) is 14.9 Å². The Balaban J connectivity index is 2.72. The number of ether oxygens (including phenoxy) is 1. The predicted molar refractivity (Wildman–Crippen MR) is 47.6 cm³/mol. The second kappa shape index (κ2) is 4.20. The van der Waals surface area contributed by atoms with E-state index < -0.39 is 6.04 Å². The fourth-order valence-corrected chi connectivity index (χ4v) is 1.10. The molecule has 0 fully saturated rings. The maximum Gasteiger partial charge on any atom is 0.259 e. The lowest BCUT2D eigenvalue weighted by Gasteiger charge is -2.19. The monoisotopic (exact) mass is 188 g/mol. The van der Waals surface area contributed by atoms with Crippen molar-refractivity contribution in [2.24, 2.45) is 9.98 Å². The van der Waals surface area contributed by atoms with Gasteiger partial charge in [-0.2, -0.15) is 0 Å². The minimum atomic E-state index is -0.400. The molecule has 0 aromatic rings. The average Bonchev–Trinajstić information content (AvgIpc) is 2.11. The van der Waals surface area contributed by atoms with Crippen LogP contribution in [0.1, 0.15) is 20.8 Å². The first kappa shape index (κ1) is 9.95. The molecule has 0 aliphatic carbocycles. The van der Waals surface area contributed by atoms with Crippen LogP contribution in [-0.4, -0.2) is 30.5 Å². The molecule has 0 saturated heterocycles. The number of hydrogen-bond donors (Lipinski definition) is 0. The van der Waals surface area contributed by atoms with Crippen LogP contribution in [0.5, 0.6) is 0 Å². The van der Waals surface area contributed by atoms with E-state index in [1.807, 2.05) is 6.92 Å². The van der Waals surface area contributed by atoms with Crippen molar-refractivity contribution in [3.63, 3.8) is 0 Å². The molecular weight excluding hydrogens is 175 g/mol. The van der Waals surface area contributed by atoms with Crippen molar-refractivity contribution in [3.8, 4) is 0 Å². The van der Waals surface area contributed by atoms with E-state index in [0.29, 0.717) is 12.5 Å². The van der Waals surface area contributed by atoms with Gasteiger partial charge in [0.05, 0.1) is 6.61 Å². The summed E-state index contributed by atoms with van der Waals surface area (Å²) in [5, 5.41) is 0. The molecule has 2 atom stereocenters. The lowest BCUT2D eigenvalue weighted by atomic mass is 10.2. The molecule has 13 heavy (non-hydrogen) atoms. The molecule has 0 saturated carbocycles. The van der Waals surface area contributed by atoms with Gasteiger partial charge in [-0.1, -0.05) is 0 Å². The Hall–Kier alpha value is -1.13. The lowest BCUT2D eigenvalue weighted by molar-refractivity contribution is -0.0292. The van der Waals surface area contributed by atoms with Gasteiger partial charge < -0.3 is 4.74 Å². The third-order valence-corrected chi connectivity index (χ3v) is 1.73. The van der Waals surface area contributed by atoms with Crippen molar-refractivity contribution in [1.29, 1.82) is 0 Å². The largest absolute Gasteiger partial charge is 0.480 e. The Morgan fingerprint density at radius 2 is 1.77 bits per heavy atom. The van der Waals surface area contributed by atoms with Gasteiger partial charge in [-0.3, -0.25) is 4.94 Å². The second-order valence-electron chi connectivity index (χ2n) is 2.80. The zero-order chi connectivity index (χ0) is 9.84. The summed E-state index contributed by atoms with van der Waals surface area (Å²) in [6, 6.07) is -0.662. The molecule has 1 heterocycles. The fourth-order valence-electron chi connectivity index (χ4n) is 1.10. The Bertz CT molecular complexity index is 240. The number of halogens is 1. The van der Waals surface area contributed by atoms with Crippen LogP contribution in [0.4, 0.5) is 4.53 Å². The summed E-state index contributed by atoms with van der Waals surface area (Å²) in [6.45, 7) is 5.88. The van der Waals surface area contributed by atoms with Gasteiger partial charge in [0.2, 0.25) is 5.90 Å². The molecule has 0 spiro atoms. The summed E-state index contributed by atoms with van der Waals surface area (Å²) in [4.78, 5) is 11.6. The molecule has 1 aliphatic heterocycles. The molecule has 0 bridgehead atoms. The molecule has 0 unspecified atom stereocenters. The molecule has 0 amide bonds. The first-order valence-corrected chi connectivity index (χ1v) is 4.25. The van der Waals surface area contributed by atoms with Crippen LogP contribution in [0.2, 0.25) is 0 Å². The molecule has 5 heteroatoms. The maximum atomic E-state index is 11.9. The van der Waals surface area contributed by atoms with Crippen molar-refractivity contribution < 1.29 is 14.2 Å². The van der Waals surface area contributed by atoms with Crippen LogP contribution in [0.15, 0.2) is 9.98 Å². The topological polar surface area (TPSA) is 43.2 Å². The normalized spacial score (nSPS) is 27.7. The van der Waals surface area contributed by atoms with Gasteiger partial charge in [0, 0.05) is 4.53 Å². The first-order valence-electron chi connectivity index (χ1n) is 4.25. The van der Waals surface area contributed by atoms with Crippen molar-refractivity contribution in [2.75, 3.05) is 6.61 Å². The molecule has 4 nitrogen and oxygen atoms in total. The van der Waals surface area contributed by atoms with E-state index >= 15 is 0 Å². The highest BCUT2D eigenvalue weighted by Crippen LogP contribution is 2.10. The van der Waals surface area contributed by atoms with E-state index in [4.69, 9.17) is 4.74 Å². The molecule has 0 N–H and O–H groups in total. The molecule has 1 rings (SSSR count). The van der Waals surface area contributed by atoms with Crippen LogP contribution >= 0.6 is 0 Å². The third-order valence-electron chi connectivity index (χ3n) is 1.73. The number of rotatable bonds is 1. The molecule has 0 radical (unpaired) electrons. The van der Waals surface area contributed by atoms with E-state index in [9.17, 15) is 4.53 Å². The van der Waals surface area contributed by atoms with Crippen LogP contribution in [-0.2, 0) is 9.68 Å². The molecule has 0 aromatic carbocycles. The lowest BCUT2D eigenvalue weighted by Crippen LogP contribution is -2.31. The van der Waals surface area contributed by atoms with Gasteiger partial charge in [-0.25, -0.2) is 9.98 Å². The smallest absolute Gasteiger partial charge is 0.259 e. The average molecular weight is 188 g/mol. The summed E-state index contributed by atoms with van der Waals surface area (Å²) in [7, 11) is 0. The minimum absolute atomic E-state index is 0.0101. The quantitative estimate of drug-likeness (QED) is 0.626. The van der Waals surface area contributed by atoms with Gasteiger partial charge in [-0.05, 0) is 20.8 Å². The molecular formula is C8H13FN2O2. The van der Waals surface area contributed by atoms with Crippen LogP contribution in [0.3, 0.4) is 0 Å². The Kier molecular flexibility index (Phi) is 3.22. The number of nitrogens with zero attached hydrogens (tertiary/aromatic N) is 2. The van der Waals surface area contributed by atoms with Gasteiger partial charge in [0.15, 0.2) is 0 Å². The van der Waals surface area contributed by atoms with E-state index in [-0.39, 0.29) is 11.9 Å². The summed E-state index contributed by atoms with van der Waals surface area (Å²) in [5.41, 5.74) is 0. The summed E-state index contributed by atoms with van der Waals surface area (Å²) >= 11 is 0. The second-order valence-corrected chi connectivity index (χ2v) is 2.80. The Morgan fingerprint density at radius 1 is 1.23 bits per heavy atom. The number of aliphatic imine (C=N–C) groups is 2. The Morgan fingerprint density at radius 3 is 2.31 bits per heavy atom. The zero-order valence-electron chi connectivity index (χ0n) is 7.95. The van der Waals surface area contributed by atoms with Gasteiger partial charge in [0.1, 0.15) is 12.1 Å². The van der Waals surface area contributed by atoms with E-state index in [1.54, 1.807) is 13.8 Å². The fraction of sp³-hybridized carbons (Fsp3) is 0.750. The summed E-state index contributed by atoms with van der Waals surface area (Å²) in [5.74, 6) is 0.548. The van der Waals surface area contributed by atoms with Crippen molar-refractivity contribution in [1.82, 2.24) is 0 Å². The molecule has 74 valence electrons. The predicted octanol–water partition coefficient (Wildman–Crippen LogP) is 1.51. The van der Waals surface area contributed by atoms with Gasteiger partial charge in [0.25, 0.3) is 5.90 Å². The Labute approximate surface area is 76.4 Å². The first-order chi connectivity index (χ1) is 6.19. The highest BCUT2D eigenvalue weighted by Gasteiger charge is 2.24. The third kappa shape index (κ3) is 2.17. The molecule has 0 aromatic heterocycles. The number of hydrogen-bond acceptors (Lipinski definition) is 4. The SMILES string of the molecule is CCOC1=N[C@H](C)C(OF)=N[C@@H]1C. The highest BCUT2D eigenvalue weighted by atomic mass is 19.3. The van der Waals surface area contributed by atoms with E-state index in [0.717, 1.165) is 0 Å². The summed E-state index contributed by atoms with van der Waals surface area (Å²) in [6.07, 6.45) is 0. The van der Waals surface area contributed by atoms with Crippen LogP contribution < -0.4 is 0 Å². The highest BCUT2D eigenvalue weighted by molar-refractivity contribution is 5.93. The molecule has 1 aliphatic rings. The summed E-state index contributed by atoms with van der Waals surface area (Å²) < 4.78 is 17.1. The van der Waals surface area contributed by atoms with Crippen LogP contribution in [0.25, 0.3) is 0 Å². The van der Waals surface area contributed by atoms with Gasteiger partial charge in [-0.15, -0.1) is 0 Å². The van der Waals surface area contributed by atoms with Gasteiger partial charge >= 0.3 is 0 Å². The zero-order valence-corrected chi connectivity index (χ0v) is 7.95. The van der Waals surface area contributed by atoms with Crippen molar-refractivity contribution in [3.05, 3.63) is 0 Å².